The van der Waals surface area contributed by atoms with E-state index in [9.17, 15) is 0 Å². The van der Waals surface area contributed by atoms with Crippen molar-refractivity contribution in [2.45, 2.75) is 11.8 Å². The fourth-order valence-corrected chi connectivity index (χ4v) is 3.64. The van der Waals surface area contributed by atoms with Crippen LogP contribution in [0.3, 0.4) is 0 Å². The second-order valence-electron chi connectivity index (χ2n) is 5.93. The van der Waals surface area contributed by atoms with Gasteiger partial charge in [-0.25, -0.2) is 0 Å². The molecule has 0 saturated carbocycles. The van der Waals surface area contributed by atoms with E-state index >= 15 is 0 Å². The molecule has 0 aliphatic heterocycles. The van der Waals surface area contributed by atoms with Crippen LogP contribution in [0.5, 0.6) is 0 Å². The molecule has 112 valence electrons. The van der Waals surface area contributed by atoms with Crippen LogP contribution in [-0.4, -0.2) is 6.26 Å². The fourth-order valence-electron chi connectivity index (χ4n) is 3.24. The molecular weight excluding hydrogens is 296 g/mol. The summed E-state index contributed by atoms with van der Waals surface area (Å²) in [7, 11) is 0. The third kappa shape index (κ3) is 2.51. The van der Waals surface area contributed by atoms with Gasteiger partial charge in [-0.2, -0.15) is 0 Å². The molecule has 0 amide bonds. The molecule has 1 aliphatic rings. The molecule has 0 bridgehead atoms. The average molecular weight is 314 g/mol. The molecule has 0 N–H and O–H groups in total. The van der Waals surface area contributed by atoms with Gasteiger partial charge in [0.05, 0.1) is 0 Å². The Balaban J connectivity index is 1.90. The smallest absolute Gasteiger partial charge is 0.00695 e. The van der Waals surface area contributed by atoms with Gasteiger partial charge < -0.3 is 0 Å². The summed E-state index contributed by atoms with van der Waals surface area (Å²) < 4.78 is 0. The van der Waals surface area contributed by atoms with E-state index < -0.39 is 0 Å². The lowest BCUT2D eigenvalue weighted by molar-refractivity contribution is 1.45. The summed E-state index contributed by atoms with van der Waals surface area (Å²) in [4.78, 5) is 1.30. The maximum absolute atomic E-state index is 2.31. The monoisotopic (exact) mass is 314 g/mol. The van der Waals surface area contributed by atoms with Gasteiger partial charge in [-0.3, -0.25) is 0 Å². The normalized spacial score (nSPS) is 13.9. The Hall–Kier alpha value is -2.25. The van der Waals surface area contributed by atoms with Crippen LogP contribution < -0.4 is 0 Å². The van der Waals surface area contributed by atoms with E-state index in [-0.39, 0.29) is 0 Å². The molecule has 0 fully saturated rings. The molecular formula is C22H18S. The maximum Gasteiger partial charge on any atom is 0.00695 e. The van der Waals surface area contributed by atoms with Gasteiger partial charge in [-0.05, 0) is 64.8 Å². The Bertz CT molecular complexity index is 902. The van der Waals surface area contributed by atoms with Gasteiger partial charge in [0.25, 0.3) is 0 Å². The average Bonchev–Trinajstić information content (AvgIpc) is 2.89. The van der Waals surface area contributed by atoms with E-state index in [4.69, 9.17) is 0 Å². The second-order valence-corrected chi connectivity index (χ2v) is 6.81. The molecule has 4 rings (SSSR count). The molecule has 0 unspecified atom stereocenters. The highest BCUT2D eigenvalue weighted by Gasteiger charge is 2.22. The van der Waals surface area contributed by atoms with Gasteiger partial charge in [-0.1, -0.05) is 60.2 Å². The summed E-state index contributed by atoms with van der Waals surface area (Å²) in [5.74, 6) is 0. The van der Waals surface area contributed by atoms with E-state index in [0.29, 0.717) is 0 Å². The minimum atomic E-state index is 1.25. The highest BCUT2D eigenvalue weighted by Crippen LogP contribution is 2.45. The summed E-state index contributed by atoms with van der Waals surface area (Å²) in [6.45, 7) is 2.16. The molecule has 0 aromatic heterocycles. The number of benzene rings is 3. The van der Waals surface area contributed by atoms with Crippen molar-refractivity contribution in [3.63, 3.8) is 0 Å². The minimum absolute atomic E-state index is 1.25. The first-order valence-electron chi connectivity index (χ1n) is 7.83. The molecule has 0 saturated heterocycles. The van der Waals surface area contributed by atoms with E-state index in [0.717, 1.165) is 0 Å². The Morgan fingerprint density at radius 3 is 2.17 bits per heavy atom. The predicted octanol–water partition coefficient (Wildman–Crippen LogP) is 6.29. The number of fused-ring (bicyclic) bond motifs is 3. The van der Waals surface area contributed by atoms with Gasteiger partial charge in [0, 0.05) is 4.90 Å². The van der Waals surface area contributed by atoms with E-state index in [2.05, 4.69) is 86.0 Å². The first-order valence-corrected chi connectivity index (χ1v) is 9.05. The largest absolute Gasteiger partial charge is 0.130 e. The minimum Gasteiger partial charge on any atom is -0.130 e. The van der Waals surface area contributed by atoms with Crippen LogP contribution in [-0.2, 0) is 0 Å². The third-order valence-electron chi connectivity index (χ3n) is 4.40. The zero-order valence-corrected chi connectivity index (χ0v) is 14.2. The Morgan fingerprint density at radius 1 is 0.739 bits per heavy atom. The van der Waals surface area contributed by atoms with Crippen molar-refractivity contribution in [1.82, 2.24) is 0 Å². The number of thioether (sulfide) groups is 1. The second kappa shape index (κ2) is 5.75. The van der Waals surface area contributed by atoms with E-state index in [1.54, 1.807) is 11.8 Å². The molecule has 1 aliphatic carbocycles. The zero-order valence-electron chi connectivity index (χ0n) is 13.3. The topological polar surface area (TPSA) is 0 Å². The van der Waals surface area contributed by atoms with Crippen molar-refractivity contribution in [3.05, 3.63) is 89.0 Å². The lowest BCUT2D eigenvalue weighted by Gasteiger charge is -2.05. The molecule has 1 heteroatoms. The number of hydrogen-bond donors (Lipinski definition) is 0. The van der Waals surface area contributed by atoms with E-state index in [1.165, 1.54) is 43.8 Å². The molecule has 0 spiro atoms. The summed E-state index contributed by atoms with van der Waals surface area (Å²) in [6.07, 6.45) is 4.42. The Labute approximate surface area is 141 Å². The highest BCUT2D eigenvalue weighted by molar-refractivity contribution is 7.98. The SMILES string of the molecule is CSc1ccc(C=C2c3ccccc3-c3ccc(C)cc32)cc1. The summed E-state index contributed by atoms with van der Waals surface area (Å²) in [5, 5.41) is 0. The van der Waals surface area contributed by atoms with Gasteiger partial charge in [0.1, 0.15) is 0 Å². The van der Waals surface area contributed by atoms with Crippen LogP contribution in [0.4, 0.5) is 0 Å². The van der Waals surface area contributed by atoms with Crippen molar-refractivity contribution in [2.24, 2.45) is 0 Å². The van der Waals surface area contributed by atoms with Crippen LogP contribution >= 0.6 is 11.8 Å². The Kier molecular flexibility index (Phi) is 3.59. The third-order valence-corrected chi connectivity index (χ3v) is 5.14. The number of rotatable bonds is 2. The zero-order chi connectivity index (χ0) is 15.8. The van der Waals surface area contributed by atoms with Crippen molar-refractivity contribution in [1.29, 1.82) is 0 Å². The summed E-state index contributed by atoms with van der Waals surface area (Å²) in [6, 6.07) is 24.2. The predicted molar refractivity (Wildman–Crippen MR) is 102 cm³/mol. The van der Waals surface area contributed by atoms with Crippen molar-refractivity contribution < 1.29 is 0 Å². The summed E-state index contributed by atoms with van der Waals surface area (Å²) >= 11 is 1.78. The first kappa shape index (κ1) is 14.3. The van der Waals surface area contributed by atoms with Crippen LogP contribution in [0, 0.1) is 6.92 Å². The highest BCUT2D eigenvalue weighted by atomic mass is 32.2. The van der Waals surface area contributed by atoms with Crippen LogP contribution in [0.2, 0.25) is 0 Å². The quantitative estimate of drug-likeness (QED) is 0.392. The molecule has 3 aromatic carbocycles. The molecule has 0 nitrogen and oxygen atoms in total. The molecule has 0 atom stereocenters. The molecule has 23 heavy (non-hydrogen) atoms. The van der Waals surface area contributed by atoms with Gasteiger partial charge in [0.15, 0.2) is 0 Å². The molecule has 0 heterocycles. The number of hydrogen-bond acceptors (Lipinski definition) is 1. The maximum atomic E-state index is 2.31. The van der Waals surface area contributed by atoms with Crippen molar-refractivity contribution in [3.8, 4) is 11.1 Å². The van der Waals surface area contributed by atoms with Crippen LogP contribution in [0.1, 0.15) is 22.3 Å². The number of aryl methyl sites for hydroxylation is 1. The molecule has 3 aromatic rings. The standard InChI is InChI=1S/C22H18S/c1-15-7-12-20-18-5-3-4-6-19(18)22(21(20)13-15)14-16-8-10-17(23-2)11-9-16/h3-14H,1-2H3. The first-order chi connectivity index (χ1) is 11.3. The Morgan fingerprint density at radius 2 is 1.43 bits per heavy atom. The fraction of sp³-hybridized carbons (Fsp3) is 0.0909. The van der Waals surface area contributed by atoms with E-state index in [1.807, 2.05) is 0 Å². The molecule has 0 radical (unpaired) electrons. The van der Waals surface area contributed by atoms with Crippen molar-refractivity contribution >= 4 is 23.4 Å². The van der Waals surface area contributed by atoms with Crippen LogP contribution in [0.15, 0.2) is 71.6 Å². The lowest BCUT2D eigenvalue weighted by atomic mass is 10.00. The van der Waals surface area contributed by atoms with Gasteiger partial charge >= 0.3 is 0 Å². The lowest BCUT2D eigenvalue weighted by Crippen LogP contribution is -1.83. The van der Waals surface area contributed by atoms with Crippen molar-refractivity contribution in [2.75, 3.05) is 6.26 Å². The van der Waals surface area contributed by atoms with Gasteiger partial charge in [0.2, 0.25) is 0 Å². The van der Waals surface area contributed by atoms with Gasteiger partial charge in [-0.15, -0.1) is 11.8 Å². The van der Waals surface area contributed by atoms with Crippen LogP contribution in [0.25, 0.3) is 22.8 Å². The summed E-state index contributed by atoms with van der Waals surface area (Å²) in [5.41, 5.74) is 9.26.